The molecule has 6 rings (SSSR count). The normalized spacial score (nSPS) is 16.2. The van der Waals surface area contributed by atoms with Crippen molar-refractivity contribution < 1.29 is 14.2 Å². The van der Waals surface area contributed by atoms with E-state index in [2.05, 4.69) is 6.07 Å². The van der Waals surface area contributed by atoms with Crippen molar-refractivity contribution in [3.8, 4) is 40.4 Å². The Kier molecular flexibility index (Phi) is 4.30. The molecule has 0 bridgehead atoms. The summed E-state index contributed by atoms with van der Waals surface area (Å²) < 4.78 is 18.9. The van der Waals surface area contributed by atoms with Gasteiger partial charge in [-0.1, -0.05) is 54.6 Å². The lowest BCUT2D eigenvalue weighted by atomic mass is 9.83. The number of ether oxygens (including phenoxy) is 3. The molecule has 0 saturated carbocycles. The number of fused-ring (bicyclic) bond motifs is 2. The van der Waals surface area contributed by atoms with Gasteiger partial charge in [0.2, 0.25) is 18.6 Å². The number of rotatable bonds is 3. The first kappa shape index (κ1) is 19.0. The second kappa shape index (κ2) is 7.46. The van der Waals surface area contributed by atoms with Crippen molar-refractivity contribution >= 4 is 0 Å². The number of aromatic nitrogens is 2. The van der Waals surface area contributed by atoms with Gasteiger partial charge in [0, 0.05) is 5.56 Å². The van der Waals surface area contributed by atoms with Gasteiger partial charge in [0.1, 0.15) is 17.3 Å². The van der Waals surface area contributed by atoms with E-state index in [1.807, 2.05) is 78.9 Å². The molecule has 3 aromatic carbocycles. The third kappa shape index (κ3) is 3.00. The van der Waals surface area contributed by atoms with Crippen LogP contribution < -0.4 is 19.9 Å². The molecular weight excluding hydrogens is 416 g/mol. The molecule has 0 aliphatic carbocycles. The summed E-state index contributed by atoms with van der Waals surface area (Å²) in [4.78, 5) is 0. The Bertz CT molecular complexity index is 1440. The maximum absolute atomic E-state index is 10.0. The van der Waals surface area contributed by atoms with Gasteiger partial charge in [0.25, 0.3) is 0 Å². The van der Waals surface area contributed by atoms with Crippen LogP contribution in [0.25, 0.3) is 16.9 Å². The molecule has 0 unspecified atom stereocenters. The van der Waals surface area contributed by atoms with E-state index >= 15 is 0 Å². The summed E-state index contributed by atoms with van der Waals surface area (Å²) in [7, 11) is 0. The molecule has 1 atom stereocenters. The Morgan fingerprint density at radius 2 is 1.67 bits per heavy atom. The molecule has 2 N–H and O–H groups in total. The fourth-order valence-corrected chi connectivity index (χ4v) is 4.32. The monoisotopic (exact) mass is 434 g/mol. The van der Waals surface area contributed by atoms with E-state index in [4.69, 9.17) is 25.0 Å². The van der Waals surface area contributed by atoms with Crippen molar-refractivity contribution in [2.24, 2.45) is 5.73 Å². The van der Waals surface area contributed by atoms with E-state index in [9.17, 15) is 5.26 Å². The molecule has 0 saturated heterocycles. The summed E-state index contributed by atoms with van der Waals surface area (Å²) in [5, 5.41) is 15.0. The van der Waals surface area contributed by atoms with Crippen LogP contribution in [0.4, 0.5) is 0 Å². The number of allylic oxidation sites excluding steroid dienone is 1. The Labute approximate surface area is 189 Å². The van der Waals surface area contributed by atoms with Gasteiger partial charge in [-0.3, -0.25) is 0 Å². The highest BCUT2D eigenvalue weighted by Crippen LogP contribution is 2.49. The second-order valence-corrected chi connectivity index (χ2v) is 7.72. The number of hydrogen-bond acceptors (Lipinski definition) is 6. The fourth-order valence-electron chi connectivity index (χ4n) is 4.32. The Hall–Kier alpha value is -4.70. The number of para-hydroxylation sites is 1. The maximum atomic E-state index is 10.0. The Morgan fingerprint density at radius 1 is 0.939 bits per heavy atom. The van der Waals surface area contributed by atoms with Crippen LogP contribution in [0.15, 0.2) is 90.3 Å². The topological polar surface area (TPSA) is 95.3 Å². The third-order valence-electron chi connectivity index (χ3n) is 5.83. The van der Waals surface area contributed by atoms with Crippen LogP contribution in [0, 0.1) is 11.3 Å². The minimum atomic E-state index is -0.485. The van der Waals surface area contributed by atoms with Crippen LogP contribution >= 0.6 is 0 Å². The SMILES string of the molecule is N#CC1=C(N)Oc2c(c(-c3ccccc3)nn2-c2ccccc2)[C@@H]1c1ccc2c(c1)OCO2. The lowest BCUT2D eigenvalue weighted by Crippen LogP contribution is -2.22. The molecule has 2 aliphatic rings. The summed E-state index contributed by atoms with van der Waals surface area (Å²) in [6, 6.07) is 27.5. The quantitative estimate of drug-likeness (QED) is 0.511. The van der Waals surface area contributed by atoms with Gasteiger partial charge in [0.15, 0.2) is 11.5 Å². The highest BCUT2D eigenvalue weighted by molar-refractivity contribution is 5.72. The van der Waals surface area contributed by atoms with Crippen molar-refractivity contribution in [3.05, 3.63) is 101 Å². The number of benzene rings is 3. The van der Waals surface area contributed by atoms with Crippen LogP contribution in [0.1, 0.15) is 17.0 Å². The minimum Gasteiger partial charge on any atom is -0.454 e. The first-order chi connectivity index (χ1) is 16.2. The highest BCUT2D eigenvalue weighted by atomic mass is 16.7. The van der Waals surface area contributed by atoms with E-state index in [0.29, 0.717) is 23.0 Å². The van der Waals surface area contributed by atoms with E-state index in [-0.39, 0.29) is 12.7 Å². The van der Waals surface area contributed by atoms with Crippen LogP contribution in [-0.2, 0) is 0 Å². The van der Waals surface area contributed by atoms with Crippen molar-refractivity contribution in [3.63, 3.8) is 0 Å². The number of nitrogens with zero attached hydrogens (tertiary/aromatic N) is 3. The lowest BCUT2D eigenvalue weighted by Gasteiger charge is -2.25. The van der Waals surface area contributed by atoms with Crippen LogP contribution in [0.3, 0.4) is 0 Å². The van der Waals surface area contributed by atoms with Crippen LogP contribution in [0.5, 0.6) is 17.4 Å². The standard InChI is InChI=1S/C26H18N4O3/c27-14-19-22(17-11-12-20-21(13-17)32-15-31-20)23-24(16-7-3-1-4-8-16)29-30(26(23)33-25(19)28)18-9-5-2-6-10-18/h1-13,22H,15,28H2/t22-/m1/s1. The van der Waals surface area contributed by atoms with Gasteiger partial charge in [0.05, 0.1) is 17.2 Å². The second-order valence-electron chi connectivity index (χ2n) is 7.72. The molecule has 7 heteroatoms. The molecule has 4 aromatic rings. The van der Waals surface area contributed by atoms with Crippen molar-refractivity contribution in [1.82, 2.24) is 9.78 Å². The number of nitriles is 1. The van der Waals surface area contributed by atoms with Gasteiger partial charge in [-0.05, 0) is 29.8 Å². The average molecular weight is 434 g/mol. The Balaban J connectivity index is 1.64. The molecule has 7 nitrogen and oxygen atoms in total. The van der Waals surface area contributed by atoms with E-state index in [1.54, 1.807) is 4.68 Å². The smallest absolute Gasteiger partial charge is 0.231 e. The minimum absolute atomic E-state index is 0.0596. The molecule has 0 radical (unpaired) electrons. The average Bonchev–Trinajstić information content (AvgIpc) is 3.48. The van der Waals surface area contributed by atoms with Crippen LogP contribution in [0.2, 0.25) is 0 Å². The molecule has 33 heavy (non-hydrogen) atoms. The van der Waals surface area contributed by atoms with Crippen molar-refractivity contribution in [2.45, 2.75) is 5.92 Å². The van der Waals surface area contributed by atoms with Gasteiger partial charge < -0.3 is 19.9 Å². The number of hydrogen-bond donors (Lipinski definition) is 1. The van der Waals surface area contributed by atoms with Crippen LogP contribution in [-0.4, -0.2) is 16.6 Å². The third-order valence-corrected chi connectivity index (χ3v) is 5.83. The van der Waals surface area contributed by atoms with Crippen molar-refractivity contribution in [1.29, 1.82) is 5.26 Å². The first-order valence-electron chi connectivity index (χ1n) is 10.5. The molecule has 0 amide bonds. The highest BCUT2D eigenvalue weighted by Gasteiger charge is 2.38. The summed E-state index contributed by atoms with van der Waals surface area (Å²) in [5.74, 6) is 1.36. The van der Waals surface area contributed by atoms with Gasteiger partial charge in [-0.2, -0.15) is 15.0 Å². The first-order valence-corrected chi connectivity index (χ1v) is 10.5. The largest absolute Gasteiger partial charge is 0.454 e. The van der Waals surface area contributed by atoms with Gasteiger partial charge in [-0.25, -0.2) is 0 Å². The summed E-state index contributed by atoms with van der Waals surface area (Å²) >= 11 is 0. The molecule has 3 heterocycles. The van der Waals surface area contributed by atoms with Crippen molar-refractivity contribution in [2.75, 3.05) is 6.79 Å². The summed E-state index contributed by atoms with van der Waals surface area (Å²) in [6.07, 6.45) is 0. The zero-order valence-corrected chi connectivity index (χ0v) is 17.4. The molecular formula is C26H18N4O3. The van der Waals surface area contributed by atoms with Gasteiger partial charge in [-0.15, -0.1) is 0 Å². The predicted molar refractivity (Wildman–Crippen MR) is 121 cm³/mol. The maximum Gasteiger partial charge on any atom is 0.231 e. The molecule has 2 aliphatic heterocycles. The molecule has 0 fully saturated rings. The lowest BCUT2D eigenvalue weighted by molar-refractivity contribution is 0.174. The molecule has 160 valence electrons. The number of nitrogens with two attached hydrogens (primary N) is 1. The molecule has 0 spiro atoms. The van der Waals surface area contributed by atoms with Gasteiger partial charge >= 0.3 is 0 Å². The fraction of sp³-hybridized carbons (Fsp3) is 0.0769. The Morgan fingerprint density at radius 3 is 2.42 bits per heavy atom. The predicted octanol–water partition coefficient (Wildman–Crippen LogP) is 4.49. The summed E-state index contributed by atoms with van der Waals surface area (Å²) in [6.45, 7) is 0.169. The van der Waals surface area contributed by atoms with E-state index < -0.39 is 5.92 Å². The van der Waals surface area contributed by atoms with E-state index in [0.717, 1.165) is 28.1 Å². The molecule has 1 aromatic heterocycles. The zero-order valence-electron chi connectivity index (χ0n) is 17.4. The zero-order chi connectivity index (χ0) is 22.4. The summed E-state index contributed by atoms with van der Waals surface area (Å²) in [5.41, 5.74) is 10.7. The van der Waals surface area contributed by atoms with E-state index in [1.165, 1.54) is 0 Å².